The van der Waals surface area contributed by atoms with E-state index in [0.717, 1.165) is 0 Å². The van der Waals surface area contributed by atoms with E-state index in [4.69, 9.17) is 0 Å². The zero-order valence-corrected chi connectivity index (χ0v) is 26.5. The largest absolute Gasteiger partial charge is 0.212 e. The van der Waals surface area contributed by atoms with Gasteiger partial charge in [-0.2, -0.15) is 0 Å². The summed E-state index contributed by atoms with van der Waals surface area (Å²) in [6, 6.07) is 67.1. The van der Waals surface area contributed by atoms with Gasteiger partial charge in [-0.15, -0.1) is 0 Å². The molecule has 200 valence electrons. The summed E-state index contributed by atoms with van der Waals surface area (Å²) in [5.41, 5.74) is 0. The predicted molar refractivity (Wildman–Crippen MR) is 190 cm³/mol. The van der Waals surface area contributed by atoms with Gasteiger partial charge in [-0.25, -0.2) is 4.86 Å². The Morgan fingerprint density at radius 2 is 0.439 bits per heavy atom. The van der Waals surface area contributed by atoms with E-state index in [1.165, 1.54) is 31.8 Å². The Labute approximate surface area is 248 Å². The molecule has 2 atom stereocenters. The maximum Gasteiger partial charge on any atom is 0.142 e. The molecule has 0 radical (unpaired) electrons. The first kappa shape index (κ1) is 28.1. The van der Waals surface area contributed by atoms with E-state index < -0.39 is 13.9 Å². The highest BCUT2D eigenvalue weighted by Crippen LogP contribution is 2.76. The van der Waals surface area contributed by atoms with Crippen molar-refractivity contribution in [1.82, 2.24) is 4.86 Å². The summed E-state index contributed by atoms with van der Waals surface area (Å²) in [6.07, 6.45) is 0. The summed E-state index contributed by atoms with van der Waals surface area (Å²) >= 11 is 0. The summed E-state index contributed by atoms with van der Waals surface area (Å²) in [5.74, 6) is 0. The van der Waals surface area contributed by atoms with Gasteiger partial charge in [-0.3, -0.25) is 0 Å². The van der Waals surface area contributed by atoms with Crippen molar-refractivity contribution >= 4 is 62.6 Å². The van der Waals surface area contributed by atoms with Crippen molar-refractivity contribution in [2.24, 2.45) is 0 Å². The van der Waals surface area contributed by atoms with E-state index in [1.54, 1.807) is 0 Å². The first-order valence-corrected chi connectivity index (χ1v) is 21.0. The van der Waals surface area contributed by atoms with Crippen molar-refractivity contribution in [3.8, 4) is 0 Å². The molecule has 1 nitrogen and oxygen atoms in total. The standard InChI is InChI=1S/C36H33NP4/c1-7-19-31(20-8-1)40(32-21-9-2-10-22-32,33-23-11-3-12-24-33)38-37-39-41(34-25-13-4-14-26-34,35-27-15-5-16-28-35)36-29-17-6-18-30-36/h1-30,37-39H/q+2. The average Bonchev–Trinajstić information content (AvgIpc) is 3.08. The van der Waals surface area contributed by atoms with Gasteiger partial charge in [0, 0.05) is 0 Å². The second kappa shape index (κ2) is 13.3. The fourth-order valence-electron chi connectivity index (χ4n) is 5.38. The molecule has 0 spiro atoms. The summed E-state index contributed by atoms with van der Waals surface area (Å²) in [5, 5.41) is 8.48. The van der Waals surface area contributed by atoms with Crippen molar-refractivity contribution in [2.45, 2.75) is 0 Å². The van der Waals surface area contributed by atoms with Crippen molar-refractivity contribution in [3.63, 3.8) is 0 Å². The van der Waals surface area contributed by atoms with E-state index >= 15 is 0 Å². The SMILES string of the molecule is c1ccc([P+](PNP[P+](c2ccccc2)(c2ccccc2)c2ccccc2)(c2ccccc2)c2ccccc2)cc1. The van der Waals surface area contributed by atoms with Crippen molar-refractivity contribution in [1.29, 1.82) is 0 Å². The van der Waals surface area contributed by atoms with Crippen LogP contribution in [0, 0.1) is 0 Å². The highest BCUT2D eigenvalue weighted by Gasteiger charge is 2.50. The summed E-state index contributed by atoms with van der Waals surface area (Å²) in [7, 11) is 1.07. The Hall–Kier alpha value is -3.00. The minimum Gasteiger partial charge on any atom is -0.212 e. The molecule has 6 aromatic rings. The van der Waals surface area contributed by atoms with Gasteiger partial charge < -0.3 is 0 Å². The molecule has 0 saturated heterocycles. The maximum atomic E-state index is 4.21. The van der Waals surface area contributed by atoms with E-state index in [-0.39, 0.29) is 0 Å². The van der Waals surface area contributed by atoms with Crippen molar-refractivity contribution in [3.05, 3.63) is 182 Å². The molecule has 41 heavy (non-hydrogen) atoms. The zero-order chi connectivity index (χ0) is 27.8. The van der Waals surface area contributed by atoms with Gasteiger partial charge >= 0.3 is 0 Å². The molecule has 0 aliphatic rings. The molecule has 0 aromatic heterocycles. The van der Waals surface area contributed by atoms with Crippen LogP contribution in [-0.2, 0) is 0 Å². The lowest BCUT2D eigenvalue weighted by Gasteiger charge is -2.30. The van der Waals surface area contributed by atoms with Crippen LogP contribution in [0.1, 0.15) is 0 Å². The number of hydrogen-bond donors (Lipinski definition) is 1. The van der Waals surface area contributed by atoms with E-state index in [2.05, 4.69) is 187 Å². The number of rotatable bonds is 10. The topological polar surface area (TPSA) is 12.0 Å². The fraction of sp³-hybridized carbons (Fsp3) is 0. The van der Waals surface area contributed by atoms with Crippen molar-refractivity contribution < 1.29 is 0 Å². The summed E-state index contributed by atoms with van der Waals surface area (Å²) in [6.45, 7) is -3.95. The van der Waals surface area contributed by atoms with Crippen LogP contribution in [0.3, 0.4) is 0 Å². The number of nitrogens with one attached hydrogen (secondary N) is 1. The third-order valence-electron chi connectivity index (χ3n) is 7.31. The Bertz CT molecular complexity index is 1310. The fourth-order valence-corrected chi connectivity index (χ4v) is 23.0. The monoisotopic (exact) mass is 603 g/mol. The van der Waals surface area contributed by atoms with Crippen LogP contribution in [0.5, 0.6) is 0 Å². The van der Waals surface area contributed by atoms with E-state index in [1.807, 2.05) is 0 Å². The van der Waals surface area contributed by atoms with Gasteiger partial charge in [0.25, 0.3) is 0 Å². The molecule has 2 unspecified atom stereocenters. The zero-order valence-electron chi connectivity index (χ0n) is 22.7. The van der Waals surface area contributed by atoms with Crippen LogP contribution in [0.15, 0.2) is 182 Å². The van der Waals surface area contributed by atoms with Crippen LogP contribution >= 0.6 is 30.7 Å². The lowest BCUT2D eigenvalue weighted by atomic mass is 10.4. The van der Waals surface area contributed by atoms with Crippen LogP contribution in [0.2, 0.25) is 0 Å². The Kier molecular flexibility index (Phi) is 9.14. The molecular formula is C36H33NP4+2. The smallest absolute Gasteiger partial charge is 0.142 e. The highest BCUT2D eigenvalue weighted by atomic mass is 32.1. The minimum atomic E-state index is -1.97. The first-order valence-electron chi connectivity index (χ1n) is 13.8. The molecule has 6 rings (SSSR count). The molecule has 0 aliphatic heterocycles. The predicted octanol–water partition coefficient (Wildman–Crippen LogP) is 7.58. The van der Waals surface area contributed by atoms with Gasteiger partial charge in [0.2, 0.25) is 0 Å². The van der Waals surface area contributed by atoms with Gasteiger partial charge in [-0.1, -0.05) is 109 Å². The molecule has 0 aliphatic carbocycles. The molecule has 6 aromatic carbocycles. The van der Waals surface area contributed by atoms with Crippen LogP contribution in [0.25, 0.3) is 0 Å². The van der Waals surface area contributed by atoms with Gasteiger partial charge in [-0.05, 0) is 72.8 Å². The Balaban J connectivity index is 1.50. The minimum absolute atomic E-state index is 0.535. The maximum absolute atomic E-state index is 4.21. The Morgan fingerprint density at radius 3 is 0.610 bits per heavy atom. The van der Waals surface area contributed by atoms with Crippen LogP contribution < -0.4 is 36.7 Å². The van der Waals surface area contributed by atoms with E-state index in [0.29, 0.717) is 16.8 Å². The van der Waals surface area contributed by atoms with Gasteiger partial charge in [0.05, 0.1) is 0 Å². The molecule has 1 N–H and O–H groups in total. The van der Waals surface area contributed by atoms with Gasteiger partial charge in [0.1, 0.15) is 62.6 Å². The van der Waals surface area contributed by atoms with Crippen LogP contribution in [0.4, 0.5) is 0 Å². The second-order valence-electron chi connectivity index (χ2n) is 9.70. The molecule has 5 heteroatoms. The quantitative estimate of drug-likeness (QED) is 0.159. The third kappa shape index (κ3) is 5.72. The Morgan fingerprint density at radius 1 is 0.268 bits per heavy atom. The molecule has 0 bridgehead atoms. The number of benzene rings is 6. The van der Waals surface area contributed by atoms with Crippen molar-refractivity contribution in [2.75, 3.05) is 0 Å². The van der Waals surface area contributed by atoms with Crippen LogP contribution in [-0.4, -0.2) is 0 Å². The lowest BCUT2D eigenvalue weighted by molar-refractivity contribution is 1.71. The average molecular weight is 604 g/mol. The lowest BCUT2D eigenvalue weighted by Crippen LogP contribution is -2.31. The molecule has 0 fully saturated rings. The second-order valence-corrected chi connectivity index (χ2v) is 22.3. The van der Waals surface area contributed by atoms with E-state index in [9.17, 15) is 0 Å². The normalized spacial score (nSPS) is 12.3. The molecule has 0 saturated carbocycles. The highest BCUT2D eigenvalue weighted by molar-refractivity contribution is 8.47. The third-order valence-corrected chi connectivity index (χ3v) is 24.0. The molecule has 0 heterocycles. The molecular weight excluding hydrogens is 570 g/mol. The first-order chi connectivity index (χ1) is 20.3. The summed E-state index contributed by atoms with van der Waals surface area (Å²) < 4.78 is 0. The summed E-state index contributed by atoms with van der Waals surface area (Å²) in [4.78, 5) is 4.21. The number of hydrogen-bond acceptors (Lipinski definition) is 1. The van der Waals surface area contributed by atoms with Gasteiger partial charge in [0.15, 0.2) is 0 Å². The molecule has 0 amide bonds.